The van der Waals surface area contributed by atoms with Crippen LogP contribution < -0.4 is 10.6 Å². The Hall–Kier alpha value is -1.35. The summed E-state index contributed by atoms with van der Waals surface area (Å²) in [4.78, 5) is 12.1. The van der Waals surface area contributed by atoms with Crippen molar-refractivity contribution in [2.45, 2.75) is 38.1 Å². The Morgan fingerprint density at radius 3 is 2.74 bits per heavy atom. The number of hydrogen-bond acceptors (Lipinski definition) is 2. The molecule has 3 rings (SSSR count). The summed E-state index contributed by atoms with van der Waals surface area (Å²) in [6, 6.07) is 8.74. The second-order valence-electron chi connectivity index (χ2n) is 6.43. The van der Waals surface area contributed by atoms with E-state index in [9.17, 15) is 4.79 Å². The van der Waals surface area contributed by atoms with Crippen molar-refractivity contribution in [2.24, 2.45) is 5.92 Å². The van der Waals surface area contributed by atoms with Crippen molar-refractivity contribution in [1.29, 1.82) is 0 Å². The molecule has 0 aromatic heterocycles. The Bertz CT molecular complexity index is 491. The van der Waals surface area contributed by atoms with Gasteiger partial charge in [-0.3, -0.25) is 4.79 Å². The average Bonchev–Trinajstić information content (AvgIpc) is 2.31. The molecule has 1 aromatic carbocycles. The van der Waals surface area contributed by atoms with Crippen LogP contribution in [0.3, 0.4) is 0 Å². The standard InChI is InChI=1S/C16H22N2O/c1-16(2)8-7-14(12-5-3-4-6-13(12)16)18-15(19)11-9-17-10-11/h3-6,11,14,17H,7-10H2,1-2H3,(H,18,19). The molecule has 1 amide bonds. The van der Waals surface area contributed by atoms with Crippen LogP contribution in [0.25, 0.3) is 0 Å². The predicted octanol–water partition coefficient (Wildman–Crippen LogP) is 2.13. The number of amides is 1. The topological polar surface area (TPSA) is 41.1 Å². The molecule has 1 fully saturated rings. The van der Waals surface area contributed by atoms with Crippen LogP contribution in [0.15, 0.2) is 24.3 Å². The van der Waals surface area contributed by atoms with Crippen molar-refractivity contribution in [3.63, 3.8) is 0 Å². The summed E-state index contributed by atoms with van der Waals surface area (Å²) in [7, 11) is 0. The highest BCUT2D eigenvalue weighted by Gasteiger charge is 2.34. The lowest BCUT2D eigenvalue weighted by Crippen LogP contribution is -2.51. The van der Waals surface area contributed by atoms with Crippen molar-refractivity contribution < 1.29 is 4.79 Å². The minimum absolute atomic E-state index is 0.169. The molecule has 102 valence electrons. The average molecular weight is 258 g/mol. The number of carbonyl (C=O) groups excluding carboxylic acids is 1. The summed E-state index contributed by atoms with van der Waals surface area (Å²) in [6.07, 6.45) is 2.16. The molecule has 2 aliphatic rings. The van der Waals surface area contributed by atoms with E-state index >= 15 is 0 Å². The molecule has 19 heavy (non-hydrogen) atoms. The van der Waals surface area contributed by atoms with Crippen LogP contribution in [0.5, 0.6) is 0 Å². The van der Waals surface area contributed by atoms with E-state index in [1.807, 2.05) is 0 Å². The van der Waals surface area contributed by atoms with Gasteiger partial charge in [-0.05, 0) is 29.4 Å². The zero-order chi connectivity index (χ0) is 13.5. The van der Waals surface area contributed by atoms with Crippen LogP contribution in [0.2, 0.25) is 0 Å². The van der Waals surface area contributed by atoms with Gasteiger partial charge in [0.1, 0.15) is 0 Å². The molecule has 1 atom stereocenters. The normalized spacial score (nSPS) is 25.3. The van der Waals surface area contributed by atoms with Crippen molar-refractivity contribution in [3.8, 4) is 0 Å². The van der Waals surface area contributed by atoms with Crippen molar-refractivity contribution in [2.75, 3.05) is 13.1 Å². The smallest absolute Gasteiger partial charge is 0.226 e. The Morgan fingerprint density at radius 1 is 1.32 bits per heavy atom. The van der Waals surface area contributed by atoms with E-state index in [-0.39, 0.29) is 23.3 Å². The van der Waals surface area contributed by atoms with Gasteiger partial charge in [0.05, 0.1) is 12.0 Å². The zero-order valence-electron chi connectivity index (χ0n) is 11.7. The summed E-state index contributed by atoms with van der Waals surface area (Å²) < 4.78 is 0. The molecule has 1 aromatic rings. The molecule has 0 radical (unpaired) electrons. The Balaban J connectivity index is 1.82. The maximum absolute atomic E-state index is 12.1. The highest BCUT2D eigenvalue weighted by atomic mass is 16.2. The fraction of sp³-hybridized carbons (Fsp3) is 0.562. The minimum atomic E-state index is 0.169. The lowest BCUT2D eigenvalue weighted by Gasteiger charge is -2.38. The zero-order valence-corrected chi connectivity index (χ0v) is 11.7. The summed E-state index contributed by atoms with van der Waals surface area (Å²) in [5.74, 6) is 0.375. The molecule has 3 nitrogen and oxygen atoms in total. The molecule has 1 aliphatic carbocycles. The van der Waals surface area contributed by atoms with Gasteiger partial charge in [-0.25, -0.2) is 0 Å². The molecule has 2 N–H and O–H groups in total. The first-order valence-corrected chi connectivity index (χ1v) is 7.18. The van der Waals surface area contributed by atoms with Gasteiger partial charge in [-0.2, -0.15) is 0 Å². The van der Waals surface area contributed by atoms with Crippen LogP contribution in [0.4, 0.5) is 0 Å². The first kappa shape index (κ1) is 12.7. The number of fused-ring (bicyclic) bond motifs is 1. The summed E-state index contributed by atoms with van der Waals surface area (Å²) in [5.41, 5.74) is 2.91. The Labute approximate surface area is 114 Å². The van der Waals surface area contributed by atoms with Crippen LogP contribution in [0, 0.1) is 5.92 Å². The fourth-order valence-electron chi connectivity index (χ4n) is 3.13. The van der Waals surface area contributed by atoms with Gasteiger partial charge in [0.2, 0.25) is 5.91 Å². The van der Waals surface area contributed by atoms with Crippen molar-refractivity contribution in [3.05, 3.63) is 35.4 Å². The molecule has 1 aliphatic heterocycles. The van der Waals surface area contributed by atoms with Gasteiger partial charge in [0.15, 0.2) is 0 Å². The Kier molecular flexibility index (Phi) is 3.09. The molecule has 0 spiro atoms. The summed E-state index contributed by atoms with van der Waals surface area (Å²) >= 11 is 0. The highest BCUT2D eigenvalue weighted by Crippen LogP contribution is 2.41. The number of carbonyl (C=O) groups is 1. The molecule has 3 heteroatoms. The van der Waals surface area contributed by atoms with Gasteiger partial charge in [0, 0.05) is 13.1 Å². The van der Waals surface area contributed by atoms with Crippen LogP contribution in [0.1, 0.15) is 43.9 Å². The minimum Gasteiger partial charge on any atom is -0.349 e. The molecule has 0 saturated carbocycles. The predicted molar refractivity (Wildman–Crippen MR) is 75.9 cm³/mol. The third-order valence-corrected chi connectivity index (χ3v) is 4.59. The van der Waals surface area contributed by atoms with Crippen molar-refractivity contribution in [1.82, 2.24) is 10.6 Å². The van der Waals surface area contributed by atoms with E-state index in [0.29, 0.717) is 0 Å². The molecule has 1 unspecified atom stereocenters. The number of rotatable bonds is 2. The number of hydrogen-bond donors (Lipinski definition) is 2. The summed E-state index contributed by atoms with van der Waals surface area (Å²) in [5, 5.41) is 6.39. The van der Waals surface area contributed by atoms with Gasteiger partial charge >= 0.3 is 0 Å². The maximum Gasteiger partial charge on any atom is 0.226 e. The molecule has 1 saturated heterocycles. The van der Waals surface area contributed by atoms with E-state index in [2.05, 4.69) is 48.7 Å². The third kappa shape index (κ3) is 2.27. The Morgan fingerprint density at radius 2 is 2.05 bits per heavy atom. The maximum atomic E-state index is 12.1. The van der Waals surface area contributed by atoms with E-state index in [4.69, 9.17) is 0 Å². The second kappa shape index (κ2) is 4.64. The number of nitrogens with one attached hydrogen (secondary N) is 2. The van der Waals surface area contributed by atoms with E-state index in [0.717, 1.165) is 25.9 Å². The van der Waals surface area contributed by atoms with Crippen LogP contribution in [-0.4, -0.2) is 19.0 Å². The van der Waals surface area contributed by atoms with Gasteiger partial charge in [-0.1, -0.05) is 38.1 Å². The SMILES string of the molecule is CC1(C)CCC(NC(=O)C2CNC2)c2ccccc21. The van der Waals surface area contributed by atoms with Gasteiger partial charge < -0.3 is 10.6 Å². The third-order valence-electron chi connectivity index (χ3n) is 4.59. The van der Waals surface area contributed by atoms with Gasteiger partial charge in [0.25, 0.3) is 0 Å². The quantitative estimate of drug-likeness (QED) is 0.853. The first-order chi connectivity index (χ1) is 9.08. The van der Waals surface area contributed by atoms with E-state index < -0.39 is 0 Å². The van der Waals surface area contributed by atoms with Crippen LogP contribution >= 0.6 is 0 Å². The first-order valence-electron chi connectivity index (χ1n) is 7.18. The van der Waals surface area contributed by atoms with Crippen LogP contribution in [-0.2, 0) is 10.2 Å². The van der Waals surface area contributed by atoms with Crippen molar-refractivity contribution >= 4 is 5.91 Å². The molecular weight excluding hydrogens is 236 g/mol. The largest absolute Gasteiger partial charge is 0.349 e. The lowest BCUT2D eigenvalue weighted by atomic mass is 9.71. The number of benzene rings is 1. The second-order valence-corrected chi connectivity index (χ2v) is 6.43. The van der Waals surface area contributed by atoms with E-state index in [1.54, 1.807) is 0 Å². The molecule has 1 heterocycles. The van der Waals surface area contributed by atoms with Gasteiger partial charge in [-0.15, -0.1) is 0 Å². The lowest BCUT2D eigenvalue weighted by molar-refractivity contribution is -0.127. The summed E-state index contributed by atoms with van der Waals surface area (Å²) in [6.45, 7) is 6.23. The molecular formula is C16H22N2O. The highest BCUT2D eigenvalue weighted by molar-refractivity contribution is 5.80. The monoisotopic (exact) mass is 258 g/mol. The van der Waals surface area contributed by atoms with E-state index in [1.165, 1.54) is 11.1 Å². The fourth-order valence-corrected chi connectivity index (χ4v) is 3.13. The molecule has 0 bridgehead atoms.